The van der Waals surface area contributed by atoms with Crippen LogP contribution in [-0.4, -0.2) is 52.9 Å². The lowest BCUT2D eigenvalue weighted by molar-refractivity contribution is 0.0631. The summed E-state index contributed by atoms with van der Waals surface area (Å²) >= 11 is 3.31. The number of piperidine rings is 1. The second-order valence-corrected chi connectivity index (χ2v) is 5.92. The number of carbonyl (C=O) groups excluding carboxylic acids is 1. The summed E-state index contributed by atoms with van der Waals surface area (Å²) in [6, 6.07) is 4.20. The predicted molar refractivity (Wildman–Crippen MR) is 83.8 cm³/mol. The molecule has 0 saturated carbocycles. The van der Waals surface area contributed by atoms with Crippen LogP contribution in [0.15, 0.2) is 22.9 Å². The van der Waals surface area contributed by atoms with E-state index in [0.717, 1.165) is 39.0 Å². The number of nitrogens with zero attached hydrogens (tertiary/aromatic N) is 3. The van der Waals surface area contributed by atoms with Gasteiger partial charge >= 0.3 is 0 Å². The molecule has 0 aromatic carbocycles. The van der Waals surface area contributed by atoms with E-state index in [9.17, 15) is 4.79 Å². The molecule has 1 aliphatic heterocycles. The zero-order valence-electron chi connectivity index (χ0n) is 12.2. The second kappa shape index (κ2) is 7.18. The highest BCUT2D eigenvalue weighted by atomic mass is 79.9. The van der Waals surface area contributed by atoms with Crippen LogP contribution in [0.4, 0.5) is 0 Å². The van der Waals surface area contributed by atoms with Gasteiger partial charge in [-0.25, -0.2) is 4.98 Å². The minimum Gasteiger partial charge on any atom is -0.339 e. The molecule has 1 aromatic heterocycles. The molecule has 110 valence electrons. The minimum absolute atomic E-state index is 0.117. The molecule has 0 spiro atoms. The zero-order valence-corrected chi connectivity index (χ0v) is 13.8. The first-order valence-electron chi connectivity index (χ1n) is 7.30. The molecule has 0 N–H and O–H groups in total. The van der Waals surface area contributed by atoms with Gasteiger partial charge in [-0.1, -0.05) is 13.8 Å². The Hall–Kier alpha value is -0.940. The van der Waals surface area contributed by atoms with E-state index in [1.807, 2.05) is 4.90 Å². The van der Waals surface area contributed by atoms with Crippen LogP contribution in [0.3, 0.4) is 0 Å². The predicted octanol–water partition coefficient (Wildman–Crippen LogP) is 2.79. The maximum absolute atomic E-state index is 12.4. The van der Waals surface area contributed by atoms with E-state index in [1.165, 1.54) is 0 Å². The Kier molecular flexibility index (Phi) is 5.54. The van der Waals surface area contributed by atoms with E-state index >= 15 is 0 Å². The molecule has 0 unspecified atom stereocenters. The van der Waals surface area contributed by atoms with Gasteiger partial charge in [-0.15, -0.1) is 0 Å². The second-order valence-electron chi connectivity index (χ2n) is 5.11. The highest BCUT2D eigenvalue weighted by molar-refractivity contribution is 9.10. The average Bonchev–Trinajstić information content (AvgIpc) is 2.48. The van der Waals surface area contributed by atoms with Gasteiger partial charge in [0.15, 0.2) is 0 Å². The number of halogens is 1. The third kappa shape index (κ3) is 3.58. The number of likely N-dealkylation sites (tertiary alicyclic amines) is 1. The van der Waals surface area contributed by atoms with Crippen LogP contribution in [0, 0.1) is 0 Å². The summed E-state index contributed by atoms with van der Waals surface area (Å²) in [6.07, 6.45) is 3.80. The van der Waals surface area contributed by atoms with Gasteiger partial charge in [-0.3, -0.25) is 4.79 Å². The Morgan fingerprint density at radius 3 is 2.60 bits per heavy atom. The third-order valence-electron chi connectivity index (χ3n) is 4.05. The maximum Gasteiger partial charge on any atom is 0.254 e. The van der Waals surface area contributed by atoms with Crippen LogP contribution in [0.2, 0.25) is 0 Å². The van der Waals surface area contributed by atoms with Gasteiger partial charge in [-0.2, -0.15) is 0 Å². The number of carbonyl (C=O) groups is 1. The molecule has 1 fully saturated rings. The van der Waals surface area contributed by atoms with Crippen molar-refractivity contribution in [2.45, 2.75) is 32.7 Å². The lowest BCUT2D eigenvalue weighted by Crippen LogP contribution is -2.46. The molecule has 5 heteroatoms. The highest BCUT2D eigenvalue weighted by Gasteiger charge is 2.26. The summed E-state index contributed by atoms with van der Waals surface area (Å²) in [6.45, 7) is 8.28. The highest BCUT2D eigenvalue weighted by Crippen LogP contribution is 2.19. The monoisotopic (exact) mass is 339 g/mol. The van der Waals surface area contributed by atoms with Crippen molar-refractivity contribution in [2.24, 2.45) is 0 Å². The van der Waals surface area contributed by atoms with Crippen LogP contribution in [0.1, 0.15) is 37.0 Å². The molecule has 1 aromatic rings. The summed E-state index contributed by atoms with van der Waals surface area (Å²) < 4.78 is 0.710. The Morgan fingerprint density at radius 1 is 1.40 bits per heavy atom. The van der Waals surface area contributed by atoms with Crippen molar-refractivity contribution in [1.82, 2.24) is 14.8 Å². The SMILES string of the molecule is CCN(CC)C1CCN(C(=O)c2ccnc(Br)c2)CC1. The van der Waals surface area contributed by atoms with Crippen molar-refractivity contribution >= 4 is 21.8 Å². The van der Waals surface area contributed by atoms with Gasteiger partial charge in [0, 0.05) is 30.9 Å². The van der Waals surface area contributed by atoms with Gasteiger partial charge < -0.3 is 9.80 Å². The first kappa shape index (κ1) is 15.4. The molecule has 2 rings (SSSR count). The Morgan fingerprint density at radius 2 is 2.05 bits per heavy atom. The summed E-state index contributed by atoms with van der Waals surface area (Å²) in [4.78, 5) is 20.9. The van der Waals surface area contributed by atoms with Gasteiger partial charge in [-0.05, 0) is 54.0 Å². The molecule has 0 bridgehead atoms. The van der Waals surface area contributed by atoms with Crippen LogP contribution >= 0.6 is 15.9 Å². The van der Waals surface area contributed by atoms with Crippen LogP contribution in [0.5, 0.6) is 0 Å². The normalized spacial score (nSPS) is 16.7. The number of hydrogen-bond acceptors (Lipinski definition) is 3. The standard InChI is InChI=1S/C15H22BrN3O/c1-3-18(4-2)13-6-9-19(10-7-13)15(20)12-5-8-17-14(16)11-12/h5,8,11,13H,3-4,6-7,9-10H2,1-2H3. The van der Waals surface area contributed by atoms with Crippen molar-refractivity contribution < 1.29 is 4.79 Å². The van der Waals surface area contributed by atoms with Crippen LogP contribution in [-0.2, 0) is 0 Å². The summed E-state index contributed by atoms with van der Waals surface area (Å²) in [7, 11) is 0. The largest absolute Gasteiger partial charge is 0.339 e. The lowest BCUT2D eigenvalue weighted by atomic mass is 10.0. The summed E-state index contributed by atoms with van der Waals surface area (Å²) in [5.41, 5.74) is 0.716. The summed E-state index contributed by atoms with van der Waals surface area (Å²) in [5, 5.41) is 0. The number of rotatable bonds is 4. The molecule has 0 radical (unpaired) electrons. The van der Waals surface area contributed by atoms with Gasteiger partial charge in [0.2, 0.25) is 0 Å². The quantitative estimate of drug-likeness (QED) is 0.791. The lowest BCUT2D eigenvalue weighted by Gasteiger charge is -2.37. The molecule has 4 nitrogen and oxygen atoms in total. The summed E-state index contributed by atoms with van der Waals surface area (Å²) in [5.74, 6) is 0.117. The first-order valence-corrected chi connectivity index (χ1v) is 8.09. The van der Waals surface area contributed by atoms with E-state index in [-0.39, 0.29) is 5.91 Å². The molecular weight excluding hydrogens is 318 g/mol. The molecule has 2 heterocycles. The van der Waals surface area contributed by atoms with Crippen molar-refractivity contribution in [1.29, 1.82) is 0 Å². The molecule has 0 aliphatic carbocycles. The Labute approximate surface area is 129 Å². The minimum atomic E-state index is 0.117. The Balaban J connectivity index is 1.95. The topological polar surface area (TPSA) is 36.4 Å². The maximum atomic E-state index is 12.4. The van der Waals surface area contributed by atoms with E-state index in [4.69, 9.17) is 0 Å². The fourth-order valence-electron chi connectivity index (χ4n) is 2.89. The third-order valence-corrected chi connectivity index (χ3v) is 4.49. The number of aromatic nitrogens is 1. The van der Waals surface area contributed by atoms with E-state index in [2.05, 4.69) is 39.7 Å². The van der Waals surface area contributed by atoms with Crippen molar-refractivity contribution in [3.63, 3.8) is 0 Å². The number of pyridine rings is 1. The fraction of sp³-hybridized carbons (Fsp3) is 0.600. The van der Waals surface area contributed by atoms with E-state index < -0.39 is 0 Å². The Bertz CT molecular complexity index is 454. The van der Waals surface area contributed by atoms with E-state index in [0.29, 0.717) is 16.2 Å². The molecule has 0 atom stereocenters. The van der Waals surface area contributed by atoms with Crippen molar-refractivity contribution in [3.8, 4) is 0 Å². The van der Waals surface area contributed by atoms with Crippen LogP contribution in [0.25, 0.3) is 0 Å². The zero-order chi connectivity index (χ0) is 14.5. The van der Waals surface area contributed by atoms with Gasteiger partial charge in [0.25, 0.3) is 5.91 Å². The fourth-order valence-corrected chi connectivity index (χ4v) is 3.26. The molecule has 1 amide bonds. The molecule has 20 heavy (non-hydrogen) atoms. The van der Waals surface area contributed by atoms with Gasteiger partial charge in [0.1, 0.15) is 4.60 Å². The van der Waals surface area contributed by atoms with Gasteiger partial charge in [0.05, 0.1) is 0 Å². The van der Waals surface area contributed by atoms with Crippen LogP contribution < -0.4 is 0 Å². The molecule has 1 aliphatic rings. The molecular formula is C15H22BrN3O. The molecule has 1 saturated heterocycles. The first-order chi connectivity index (χ1) is 9.65. The number of hydrogen-bond donors (Lipinski definition) is 0. The van der Waals surface area contributed by atoms with E-state index in [1.54, 1.807) is 18.3 Å². The number of amides is 1. The smallest absolute Gasteiger partial charge is 0.254 e. The average molecular weight is 340 g/mol. The van der Waals surface area contributed by atoms with Crippen molar-refractivity contribution in [2.75, 3.05) is 26.2 Å². The van der Waals surface area contributed by atoms with Crippen molar-refractivity contribution in [3.05, 3.63) is 28.5 Å².